The average molecular weight is 239 g/mol. The SMILES string of the molecule is CCNC(CCc1ccsc1)C(C)(C)CC. The summed E-state index contributed by atoms with van der Waals surface area (Å²) in [5.74, 6) is 0. The highest BCUT2D eigenvalue weighted by Crippen LogP contribution is 2.28. The lowest BCUT2D eigenvalue weighted by atomic mass is 9.79. The summed E-state index contributed by atoms with van der Waals surface area (Å²) in [4.78, 5) is 0. The standard InChI is InChI=1S/C14H25NS/c1-5-14(3,4)13(15-6-2)8-7-12-9-10-16-11-12/h9-11,13,15H,5-8H2,1-4H3. The lowest BCUT2D eigenvalue weighted by molar-refractivity contribution is 0.223. The highest BCUT2D eigenvalue weighted by atomic mass is 32.1. The van der Waals surface area contributed by atoms with Crippen molar-refractivity contribution < 1.29 is 0 Å². The molecule has 0 radical (unpaired) electrons. The topological polar surface area (TPSA) is 12.0 Å². The van der Waals surface area contributed by atoms with E-state index in [-0.39, 0.29) is 0 Å². The zero-order chi connectivity index (χ0) is 12.0. The van der Waals surface area contributed by atoms with E-state index in [0.717, 1.165) is 6.54 Å². The molecule has 0 amide bonds. The van der Waals surface area contributed by atoms with Crippen LogP contribution in [-0.2, 0) is 6.42 Å². The molecule has 2 heteroatoms. The van der Waals surface area contributed by atoms with Crippen LogP contribution in [0, 0.1) is 5.41 Å². The molecule has 1 atom stereocenters. The van der Waals surface area contributed by atoms with Crippen molar-refractivity contribution in [1.82, 2.24) is 5.32 Å². The smallest absolute Gasteiger partial charge is 0.0121 e. The predicted octanol–water partition coefficient (Wildman–Crippen LogP) is 4.10. The number of rotatable bonds is 7. The van der Waals surface area contributed by atoms with E-state index in [9.17, 15) is 0 Å². The van der Waals surface area contributed by atoms with Crippen LogP contribution in [0.25, 0.3) is 0 Å². The van der Waals surface area contributed by atoms with Gasteiger partial charge in [0.1, 0.15) is 0 Å². The third-order valence-corrected chi connectivity index (χ3v) is 4.34. The molecule has 0 saturated heterocycles. The lowest BCUT2D eigenvalue weighted by Gasteiger charge is -2.34. The Kier molecular flexibility index (Phi) is 5.50. The van der Waals surface area contributed by atoms with E-state index < -0.39 is 0 Å². The van der Waals surface area contributed by atoms with Crippen LogP contribution in [0.5, 0.6) is 0 Å². The molecule has 0 aliphatic heterocycles. The molecule has 1 rings (SSSR count). The van der Waals surface area contributed by atoms with Crippen molar-refractivity contribution >= 4 is 11.3 Å². The van der Waals surface area contributed by atoms with E-state index in [2.05, 4.69) is 49.8 Å². The van der Waals surface area contributed by atoms with Gasteiger partial charge in [-0.1, -0.05) is 27.7 Å². The van der Waals surface area contributed by atoms with Crippen LogP contribution in [0.15, 0.2) is 16.8 Å². The molecule has 0 bridgehead atoms. The van der Waals surface area contributed by atoms with Crippen LogP contribution in [0.3, 0.4) is 0 Å². The molecular weight excluding hydrogens is 214 g/mol. The molecule has 1 unspecified atom stereocenters. The second-order valence-corrected chi connectivity index (χ2v) is 5.90. The van der Waals surface area contributed by atoms with Crippen molar-refractivity contribution in [3.05, 3.63) is 22.4 Å². The second kappa shape index (κ2) is 6.41. The van der Waals surface area contributed by atoms with Crippen molar-refractivity contribution in [2.45, 2.75) is 53.0 Å². The molecule has 0 spiro atoms. The minimum Gasteiger partial charge on any atom is -0.314 e. The number of aryl methyl sites for hydroxylation is 1. The van der Waals surface area contributed by atoms with E-state index in [1.807, 2.05) is 0 Å². The summed E-state index contributed by atoms with van der Waals surface area (Å²) in [6.07, 6.45) is 3.67. The van der Waals surface area contributed by atoms with Crippen LogP contribution in [0.2, 0.25) is 0 Å². The van der Waals surface area contributed by atoms with Gasteiger partial charge in [-0.05, 0) is 53.6 Å². The molecule has 0 saturated carbocycles. The molecule has 1 heterocycles. The molecular formula is C14H25NS. The first kappa shape index (κ1) is 13.7. The molecule has 92 valence electrons. The fraction of sp³-hybridized carbons (Fsp3) is 0.714. The predicted molar refractivity (Wildman–Crippen MR) is 74.2 cm³/mol. The van der Waals surface area contributed by atoms with E-state index in [1.165, 1.54) is 24.8 Å². The van der Waals surface area contributed by atoms with Crippen molar-refractivity contribution in [3.8, 4) is 0 Å². The van der Waals surface area contributed by atoms with Crippen LogP contribution >= 0.6 is 11.3 Å². The van der Waals surface area contributed by atoms with Crippen molar-refractivity contribution in [2.75, 3.05) is 6.54 Å². The van der Waals surface area contributed by atoms with Gasteiger partial charge in [-0.15, -0.1) is 0 Å². The Morgan fingerprint density at radius 3 is 2.62 bits per heavy atom. The van der Waals surface area contributed by atoms with Crippen LogP contribution < -0.4 is 5.32 Å². The Morgan fingerprint density at radius 2 is 2.12 bits per heavy atom. The largest absolute Gasteiger partial charge is 0.314 e. The van der Waals surface area contributed by atoms with Crippen LogP contribution in [0.4, 0.5) is 0 Å². The second-order valence-electron chi connectivity index (χ2n) is 5.12. The first-order valence-electron chi connectivity index (χ1n) is 6.34. The van der Waals surface area contributed by atoms with Gasteiger partial charge in [0.2, 0.25) is 0 Å². The van der Waals surface area contributed by atoms with Gasteiger partial charge >= 0.3 is 0 Å². The average Bonchev–Trinajstić information content (AvgIpc) is 2.76. The Morgan fingerprint density at radius 1 is 1.38 bits per heavy atom. The third kappa shape index (κ3) is 3.91. The Labute approximate surface area is 104 Å². The van der Waals surface area contributed by atoms with Gasteiger partial charge in [0.15, 0.2) is 0 Å². The van der Waals surface area contributed by atoms with E-state index in [0.29, 0.717) is 11.5 Å². The maximum absolute atomic E-state index is 3.64. The zero-order valence-electron chi connectivity index (χ0n) is 11.0. The number of nitrogens with one attached hydrogen (secondary N) is 1. The van der Waals surface area contributed by atoms with Crippen molar-refractivity contribution in [1.29, 1.82) is 0 Å². The molecule has 1 N–H and O–H groups in total. The first-order chi connectivity index (χ1) is 7.60. The monoisotopic (exact) mass is 239 g/mol. The summed E-state index contributed by atoms with van der Waals surface area (Å²) in [6, 6.07) is 2.87. The zero-order valence-corrected chi connectivity index (χ0v) is 11.9. The molecule has 0 aliphatic carbocycles. The molecule has 16 heavy (non-hydrogen) atoms. The van der Waals surface area contributed by atoms with Gasteiger partial charge in [-0.3, -0.25) is 0 Å². The van der Waals surface area contributed by atoms with Crippen LogP contribution in [-0.4, -0.2) is 12.6 Å². The third-order valence-electron chi connectivity index (χ3n) is 3.61. The Hall–Kier alpha value is -0.340. The molecule has 0 aromatic carbocycles. The van der Waals surface area contributed by atoms with Gasteiger partial charge in [0.05, 0.1) is 0 Å². The highest BCUT2D eigenvalue weighted by molar-refractivity contribution is 7.07. The normalized spacial score (nSPS) is 14.0. The number of hydrogen-bond donors (Lipinski definition) is 1. The fourth-order valence-corrected chi connectivity index (χ4v) is 2.71. The first-order valence-corrected chi connectivity index (χ1v) is 7.29. The summed E-state index contributed by atoms with van der Waals surface area (Å²) in [7, 11) is 0. The van der Waals surface area contributed by atoms with Gasteiger partial charge in [-0.2, -0.15) is 11.3 Å². The maximum atomic E-state index is 3.64. The Balaban J connectivity index is 2.51. The number of thiophene rings is 1. The highest BCUT2D eigenvalue weighted by Gasteiger charge is 2.26. The molecule has 1 nitrogen and oxygen atoms in total. The van der Waals surface area contributed by atoms with Gasteiger partial charge in [-0.25, -0.2) is 0 Å². The van der Waals surface area contributed by atoms with E-state index in [4.69, 9.17) is 0 Å². The van der Waals surface area contributed by atoms with Gasteiger partial charge in [0, 0.05) is 6.04 Å². The summed E-state index contributed by atoms with van der Waals surface area (Å²) in [5.41, 5.74) is 1.88. The molecule has 1 aromatic heterocycles. The number of hydrogen-bond acceptors (Lipinski definition) is 2. The van der Waals surface area contributed by atoms with E-state index in [1.54, 1.807) is 11.3 Å². The molecule has 0 fully saturated rings. The minimum atomic E-state index is 0.395. The Bertz CT molecular complexity index is 277. The molecule has 0 aliphatic rings. The molecule has 1 aromatic rings. The minimum absolute atomic E-state index is 0.395. The van der Waals surface area contributed by atoms with Crippen molar-refractivity contribution in [2.24, 2.45) is 5.41 Å². The van der Waals surface area contributed by atoms with Gasteiger partial charge in [0.25, 0.3) is 0 Å². The maximum Gasteiger partial charge on any atom is 0.0121 e. The summed E-state index contributed by atoms with van der Waals surface area (Å²) in [5, 5.41) is 8.07. The summed E-state index contributed by atoms with van der Waals surface area (Å²) in [6.45, 7) is 10.3. The summed E-state index contributed by atoms with van der Waals surface area (Å²) < 4.78 is 0. The fourth-order valence-electron chi connectivity index (χ4n) is 2.01. The van der Waals surface area contributed by atoms with E-state index >= 15 is 0 Å². The lowest BCUT2D eigenvalue weighted by Crippen LogP contribution is -2.41. The van der Waals surface area contributed by atoms with Crippen molar-refractivity contribution in [3.63, 3.8) is 0 Å². The van der Waals surface area contributed by atoms with Crippen LogP contribution in [0.1, 0.15) is 46.1 Å². The van der Waals surface area contributed by atoms with Gasteiger partial charge < -0.3 is 5.32 Å². The summed E-state index contributed by atoms with van der Waals surface area (Å²) >= 11 is 1.80. The quantitative estimate of drug-likeness (QED) is 0.755.